The van der Waals surface area contributed by atoms with E-state index in [4.69, 9.17) is 11.5 Å². The van der Waals surface area contributed by atoms with Crippen LogP contribution in [0.4, 0.5) is 24.9 Å². The standard InChI is InChI=1S/C19H14F3N5/c1-11-15(7-5-12-6-8-16(23)25-10-12)17(27-18(24)26-11)13-3-2-4-14(9-13)19(20,21)22/h2-4,6,8-10H,1H3,(H2,23,25)(H2,24,26,27). The minimum absolute atomic E-state index is 0.0420. The van der Waals surface area contributed by atoms with E-state index in [1.807, 2.05) is 0 Å². The molecule has 8 heteroatoms. The van der Waals surface area contributed by atoms with Crippen molar-refractivity contribution < 1.29 is 13.2 Å². The normalized spacial score (nSPS) is 11.0. The first-order valence-corrected chi connectivity index (χ1v) is 7.79. The minimum atomic E-state index is -4.47. The lowest BCUT2D eigenvalue weighted by Gasteiger charge is -2.11. The molecule has 0 amide bonds. The highest BCUT2D eigenvalue weighted by Gasteiger charge is 2.30. The first kappa shape index (κ1) is 18.2. The number of aryl methyl sites for hydroxylation is 1. The topological polar surface area (TPSA) is 90.7 Å². The van der Waals surface area contributed by atoms with Crippen molar-refractivity contribution in [2.24, 2.45) is 0 Å². The second-order valence-electron chi connectivity index (χ2n) is 5.69. The highest BCUT2D eigenvalue weighted by atomic mass is 19.4. The Hall–Kier alpha value is -3.60. The monoisotopic (exact) mass is 369 g/mol. The molecule has 0 aliphatic carbocycles. The molecule has 4 N–H and O–H groups in total. The number of nitrogens with two attached hydrogens (primary N) is 2. The number of anilines is 2. The number of aromatic nitrogens is 3. The zero-order valence-electron chi connectivity index (χ0n) is 14.2. The molecule has 0 saturated carbocycles. The van der Waals surface area contributed by atoms with Crippen LogP contribution in [0.1, 0.15) is 22.4 Å². The van der Waals surface area contributed by atoms with Crippen LogP contribution in [0, 0.1) is 18.8 Å². The van der Waals surface area contributed by atoms with Crippen molar-refractivity contribution in [3.63, 3.8) is 0 Å². The van der Waals surface area contributed by atoms with E-state index in [1.165, 1.54) is 18.3 Å². The molecule has 0 bridgehead atoms. The molecule has 3 rings (SSSR count). The van der Waals surface area contributed by atoms with Gasteiger partial charge in [-0.1, -0.05) is 24.0 Å². The van der Waals surface area contributed by atoms with Gasteiger partial charge in [0, 0.05) is 17.3 Å². The van der Waals surface area contributed by atoms with Crippen LogP contribution in [0.5, 0.6) is 0 Å². The van der Waals surface area contributed by atoms with Gasteiger partial charge in [-0.15, -0.1) is 0 Å². The average Bonchev–Trinajstić information content (AvgIpc) is 2.61. The number of rotatable bonds is 1. The van der Waals surface area contributed by atoms with Crippen molar-refractivity contribution in [2.75, 3.05) is 11.5 Å². The molecule has 2 aromatic heterocycles. The van der Waals surface area contributed by atoms with Gasteiger partial charge in [0.25, 0.3) is 0 Å². The lowest BCUT2D eigenvalue weighted by Crippen LogP contribution is -2.06. The van der Waals surface area contributed by atoms with Gasteiger partial charge in [0.1, 0.15) is 5.82 Å². The van der Waals surface area contributed by atoms with Crippen molar-refractivity contribution in [3.8, 4) is 23.1 Å². The summed E-state index contributed by atoms with van der Waals surface area (Å²) in [5, 5.41) is 0. The third-order valence-electron chi connectivity index (χ3n) is 3.69. The van der Waals surface area contributed by atoms with Gasteiger partial charge in [-0.05, 0) is 31.2 Å². The maximum Gasteiger partial charge on any atom is 0.416 e. The maximum absolute atomic E-state index is 13.0. The molecule has 27 heavy (non-hydrogen) atoms. The van der Waals surface area contributed by atoms with Gasteiger partial charge in [0.2, 0.25) is 5.95 Å². The zero-order valence-corrected chi connectivity index (χ0v) is 14.2. The molecule has 0 aliphatic heterocycles. The fraction of sp³-hybridized carbons (Fsp3) is 0.105. The predicted octanol–water partition coefficient (Wildman–Crippen LogP) is 3.43. The summed E-state index contributed by atoms with van der Waals surface area (Å²) < 4.78 is 39.1. The molecular weight excluding hydrogens is 355 g/mol. The fourth-order valence-corrected chi connectivity index (χ4v) is 2.41. The molecule has 1 aromatic carbocycles. The van der Waals surface area contributed by atoms with E-state index in [0.29, 0.717) is 22.6 Å². The van der Waals surface area contributed by atoms with E-state index >= 15 is 0 Å². The van der Waals surface area contributed by atoms with Crippen LogP contribution in [0.15, 0.2) is 42.6 Å². The fourth-order valence-electron chi connectivity index (χ4n) is 2.41. The molecular formula is C19H14F3N5. The van der Waals surface area contributed by atoms with Gasteiger partial charge in [-0.2, -0.15) is 13.2 Å². The molecule has 0 spiro atoms. The SMILES string of the molecule is Cc1nc(N)nc(-c2cccc(C(F)(F)F)c2)c1C#Cc1ccc(N)nc1. The van der Waals surface area contributed by atoms with Crippen molar-refractivity contribution in [3.05, 3.63) is 65.0 Å². The summed E-state index contributed by atoms with van der Waals surface area (Å²) in [6.45, 7) is 1.67. The van der Waals surface area contributed by atoms with Gasteiger partial charge in [-0.25, -0.2) is 15.0 Å². The Morgan fingerprint density at radius 2 is 1.78 bits per heavy atom. The smallest absolute Gasteiger partial charge is 0.384 e. The summed E-state index contributed by atoms with van der Waals surface area (Å²) in [6.07, 6.45) is -2.97. The van der Waals surface area contributed by atoms with Gasteiger partial charge in [-0.3, -0.25) is 0 Å². The molecule has 0 saturated heterocycles. The number of pyridine rings is 1. The van der Waals surface area contributed by atoms with Crippen molar-refractivity contribution in [1.82, 2.24) is 15.0 Å². The molecule has 0 fully saturated rings. The molecule has 2 heterocycles. The van der Waals surface area contributed by atoms with Crippen molar-refractivity contribution in [2.45, 2.75) is 13.1 Å². The Morgan fingerprint density at radius 3 is 2.44 bits per heavy atom. The number of alkyl halides is 3. The Bertz CT molecular complexity index is 1050. The Kier molecular flexibility index (Phi) is 4.69. The third kappa shape index (κ3) is 4.15. The summed E-state index contributed by atoms with van der Waals surface area (Å²) in [7, 11) is 0. The number of nitrogen functional groups attached to an aromatic ring is 2. The summed E-state index contributed by atoms with van der Waals surface area (Å²) in [4.78, 5) is 12.1. The van der Waals surface area contributed by atoms with Crippen LogP contribution in [-0.4, -0.2) is 15.0 Å². The molecule has 0 unspecified atom stereocenters. The van der Waals surface area contributed by atoms with Gasteiger partial charge >= 0.3 is 6.18 Å². The van der Waals surface area contributed by atoms with Crippen LogP contribution in [0.3, 0.4) is 0 Å². The quantitative estimate of drug-likeness (QED) is 0.642. The van der Waals surface area contributed by atoms with Crippen molar-refractivity contribution in [1.29, 1.82) is 0 Å². The maximum atomic E-state index is 13.0. The Morgan fingerprint density at radius 1 is 1.00 bits per heavy atom. The lowest BCUT2D eigenvalue weighted by atomic mass is 10.0. The first-order chi connectivity index (χ1) is 12.7. The van der Waals surface area contributed by atoms with Gasteiger partial charge < -0.3 is 11.5 Å². The number of nitrogens with zero attached hydrogens (tertiary/aromatic N) is 3. The lowest BCUT2D eigenvalue weighted by molar-refractivity contribution is -0.137. The van der Waals surface area contributed by atoms with E-state index in [9.17, 15) is 13.2 Å². The van der Waals surface area contributed by atoms with E-state index in [-0.39, 0.29) is 17.2 Å². The van der Waals surface area contributed by atoms with Crippen LogP contribution in [0.2, 0.25) is 0 Å². The highest BCUT2D eigenvalue weighted by Crippen LogP contribution is 2.33. The number of benzene rings is 1. The largest absolute Gasteiger partial charge is 0.416 e. The summed E-state index contributed by atoms with van der Waals surface area (Å²) in [5.74, 6) is 6.12. The van der Waals surface area contributed by atoms with Crippen LogP contribution in [-0.2, 0) is 6.18 Å². The molecule has 0 atom stereocenters. The number of halogens is 3. The van der Waals surface area contributed by atoms with Crippen LogP contribution < -0.4 is 11.5 Å². The average molecular weight is 369 g/mol. The van der Waals surface area contributed by atoms with Gasteiger partial charge in [0.15, 0.2) is 0 Å². The number of hydrogen-bond donors (Lipinski definition) is 2. The predicted molar refractivity (Wildman–Crippen MR) is 96.2 cm³/mol. The zero-order chi connectivity index (χ0) is 19.6. The second-order valence-corrected chi connectivity index (χ2v) is 5.69. The van der Waals surface area contributed by atoms with E-state index in [1.54, 1.807) is 19.1 Å². The molecule has 3 aromatic rings. The molecule has 5 nitrogen and oxygen atoms in total. The van der Waals surface area contributed by atoms with Crippen LogP contribution >= 0.6 is 0 Å². The second kappa shape index (κ2) is 6.96. The minimum Gasteiger partial charge on any atom is -0.384 e. The highest BCUT2D eigenvalue weighted by molar-refractivity contribution is 5.70. The Labute approximate surface area is 153 Å². The van der Waals surface area contributed by atoms with E-state index in [2.05, 4.69) is 26.8 Å². The van der Waals surface area contributed by atoms with Crippen molar-refractivity contribution >= 4 is 11.8 Å². The van der Waals surface area contributed by atoms with Crippen LogP contribution in [0.25, 0.3) is 11.3 Å². The molecule has 136 valence electrons. The van der Waals surface area contributed by atoms with E-state index < -0.39 is 11.7 Å². The molecule has 0 radical (unpaired) electrons. The third-order valence-corrected chi connectivity index (χ3v) is 3.69. The van der Waals surface area contributed by atoms with Gasteiger partial charge in [0.05, 0.1) is 22.5 Å². The Balaban J connectivity index is 2.13. The number of hydrogen-bond acceptors (Lipinski definition) is 5. The molecule has 0 aliphatic rings. The van der Waals surface area contributed by atoms with E-state index in [0.717, 1.165) is 12.1 Å². The first-order valence-electron chi connectivity index (χ1n) is 7.79. The summed E-state index contributed by atoms with van der Waals surface area (Å²) in [5.41, 5.74) is 12.4. The summed E-state index contributed by atoms with van der Waals surface area (Å²) in [6, 6.07) is 8.12. The summed E-state index contributed by atoms with van der Waals surface area (Å²) >= 11 is 0.